The van der Waals surface area contributed by atoms with E-state index in [4.69, 9.17) is 19.9 Å². The summed E-state index contributed by atoms with van der Waals surface area (Å²) >= 11 is 0. The number of morpholine rings is 1. The van der Waals surface area contributed by atoms with Gasteiger partial charge in [0.05, 0.1) is 38.1 Å². The molecule has 0 saturated carbocycles. The molecule has 4 heterocycles. The highest BCUT2D eigenvalue weighted by molar-refractivity contribution is 5.96. The average molecular weight is 504 g/mol. The van der Waals surface area contributed by atoms with E-state index in [1.54, 1.807) is 13.3 Å². The van der Waals surface area contributed by atoms with Crippen LogP contribution in [0.25, 0.3) is 11.1 Å². The zero-order valence-electron chi connectivity index (χ0n) is 21.2. The first-order valence-electron chi connectivity index (χ1n) is 12.6. The number of carbonyl (C=O) groups excluding carboxylic acids is 1. The van der Waals surface area contributed by atoms with E-state index in [0.717, 1.165) is 35.5 Å². The van der Waals surface area contributed by atoms with Gasteiger partial charge in [0.2, 0.25) is 5.91 Å². The van der Waals surface area contributed by atoms with Crippen molar-refractivity contribution in [2.24, 2.45) is 0 Å². The molecule has 3 N–H and O–H groups in total. The van der Waals surface area contributed by atoms with Crippen molar-refractivity contribution in [3.05, 3.63) is 53.7 Å². The van der Waals surface area contributed by atoms with Crippen LogP contribution < -0.4 is 10.2 Å². The fraction of sp³-hybridized carbons (Fsp3) is 0.407. The lowest BCUT2D eigenvalue weighted by molar-refractivity contribution is -0.129. The first-order valence-corrected chi connectivity index (χ1v) is 12.6. The Bertz CT molecular complexity index is 1230. The van der Waals surface area contributed by atoms with Crippen LogP contribution in [0.4, 0.5) is 17.5 Å². The minimum atomic E-state index is 0.0544. The lowest BCUT2D eigenvalue weighted by Crippen LogP contribution is -2.44. The monoisotopic (exact) mass is 503 g/mol. The van der Waals surface area contributed by atoms with Crippen LogP contribution in [-0.4, -0.2) is 78.3 Å². The molecule has 2 aliphatic heterocycles. The van der Waals surface area contributed by atoms with E-state index >= 15 is 0 Å². The molecular formula is C27H33N7O3. The minimum absolute atomic E-state index is 0.0544. The van der Waals surface area contributed by atoms with Gasteiger partial charge in [0.15, 0.2) is 0 Å². The van der Waals surface area contributed by atoms with Crippen LogP contribution >= 0.6 is 0 Å². The summed E-state index contributed by atoms with van der Waals surface area (Å²) in [6.07, 6.45) is 4.37. The molecule has 0 bridgehead atoms. The quantitative estimate of drug-likeness (QED) is 0.381. The number of rotatable bonds is 9. The highest BCUT2D eigenvalue weighted by Gasteiger charge is 2.31. The van der Waals surface area contributed by atoms with Gasteiger partial charge in [-0.15, -0.1) is 0 Å². The molecule has 2 fully saturated rings. The number of methoxy groups -OCH3 is 1. The van der Waals surface area contributed by atoms with Crippen molar-refractivity contribution in [2.45, 2.75) is 31.8 Å². The van der Waals surface area contributed by atoms with Crippen molar-refractivity contribution in [1.29, 1.82) is 5.41 Å². The molecule has 0 spiro atoms. The summed E-state index contributed by atoms with van der Waals surface area (Å²) in [5.74, 6) is 2.28. The van der Waals surface area contributed by atoms with Gasteiger partial charge in [0.25, 0.3) is 0 Å². The largest absolute Gasteiger partial charge is 0.383 e. The molecule has 5 rings (SSSR count). The van der Waals surface area contributed by atoms with Gasteiger partial charge in [0.1, 0.15) is 17.5 Å². The lowest BCUT2D eigenvalue weighted by Gasteiger charge is -2.35. The SMILES string of the molecule is COCCN1C(=O)CCC1c1ccc(-c2cc(N3CCOC[C@H]3C)nc(Nc3ccn[nH]3)c2C=N)cc1. The lowest BCUT2D eigenvalue weighted by atomic mass is 9.96. The number of pyridine rings is 1. The zero-order chi connectivity index (χ0) is 25.8. The number of carbonyl (C=O) groups is 1. The molecule has 194 valence electrons. The third-order valence-electron chi connectivity index (χ3n) is 7.08. The maximum atomic E-state index is 12.4. The van der Waals surface area contributed by atoms with E-state index in [1.165, 1.54) is 6.21 Å². The van der Waals surface area contributed by atoms with E-state index in [1.807, 2.05) is 11.0 Å². The van der Waals surface area contributed by atoms with Gasteiger partial charge in [-0.05, 0) is 36.1 Å². The van der Waals surface area contributed by atoms with Crippen LogP contribution in [0.5, 0.6) is 0 Å². The van der Waals surface area contributed by atoms with Gasteiger partial charge in [-0.1, -0.05) is 24.3 Å². The summed E-state index contributed by atoms with van der Waals surface area (Å²) in [6.45, 7) is 5.27. The second-order valence-corrected chi connectivity index (χ2v) is 9.40. The predicted octanol–water partition coefficient (Wildman–Crippen LogP) is 3.75. The van der Waals surface area contributed by atoms with Crippen molar-refractivity contribution >= 4 is 29.6 Å². The molecule has 1 aromatic carbocycles. The molecule has 1 amide bonds. The number of anilines is 3. The Balaban J connectivity index is 1.52. The fourth-order valence-electron chi connectivity index (χ4n) is 5.12. The van der Waals surface area contributed by atoms with Gasteiger partial charge in [-0.2, -0.15) is 5.10 Å². The number of benzene rings is 1. The van der Waals surface area contributed by atoms with Crippen molar-refractivity contribution in [2.75, 3.05) is 50.2 Å². The maximum absolute atomic E-state index is 12.4. The number of amides is 1. The predicted molar refractivity (Wildman–Crippen MR) is 143 cm³/mol. The topological polar surface area (TPSA) is 119 Å². The van der Waals surface area contributed by atoms with Crippen LogP contribution in [0.15, 0.2) is 42.6 Å². The Morgan fingerprint density at radius 2 is 2.14 bits per heavy atom. The number of aromatic amines is 1. The minimum Gasteiger partial charge on any atom is -0.383 e. The Morgan fingerprint density at radius 3 is 2.84 bits per heavy atom. The fourth-order valence-corrected chi connectivity index (χ4v) is 5.12. The highest BCUT2D eigenvalue weighted by Crippen LogP contribution is 2.36. The summed E-state index contributed by atoms with van der Waals surface area (Å²) in [5.41, 5.74) is 3.68. The van der Waals surface area contributed by atoms with Gasteiger partial charge in [-0.3, -0.25) is 9.89 Å². The number of H-pyrrole nitrogens is 1. The Labute approximate surface area is 216 Å². The maximum Gasteiger partial charge on any atom is 0.223 e. The van der Waals surface area contributed by atoms with Crippen molar-refractivity contribution in [3.63, 3.8) is 0 Å². The molecule has 0 aliphatic carbocycles. The molecule has 2 atom stereocenters. The first-order chi connectivity index (χ1) is 18.1. The molecule has 3 aromatic rings. The van der Waals surface area contributed by atoms with Gasteiger partial charge in [-0.25, -0.2) is 4.98 Å². The number of ether oxygens (including phenoxy) is 2. The summed E-state index contributed by atoms with van der Waals surface area (Å²) in [4.78, 5) is 21.5. The normalized spacial score (nSPS) is 19.9. The number of nitrogens with zero attached hydrogens (tertiary/aromatic N) is 4. The van der Waals surface area contributed by atoms with E-state index in [0.29, 0.717) is 50.0 Å². The van der Waals surface area contributed by atoms with Gasteiger partial charge < -0.3 is 30.0 Å². The molecule has 1 unspecified atom stereocenters. The van der Waals surface area contributed by atoms with Crippen molar-refractivity contribution in [1.82, 2.24) is 20.1 Å². The zero-order valence-corrected chi connectivity index (χ0v) is 21.2. The van der Waals surface area contributed by atoms with E-state index in [2.05, 4.69) is 57.7 Å². The van der Waals surface area contributed by atoms with Crippen LogP contribution in [0, 0.1) is 5.41 Å². The second kappa shape index (κ2) is 11.1. The van der Waals surface area contributed by atoms with Gasteiger partial charge in [0, 0.05) is 44.5 Å². The van der Waals surface area contributed by atoms with Crippen LogP contribution in [0.1, 0.15) is 36.9 Å². The standard InChI is InChI=1S/C27H33N7O3/c1-18-17-37-14-12-33(18)25-15-21(22(16-28)27(31-25)30-24-9-10-29-32-24)19-3-5-20(6-4-19)23-7-8-26(35)34(23)11-13-36-2/h3-6,9-10,15-16,18,23,28H,7-8,11-14,17H2,1-2H3,(H2,29,30,31,32)/t18-,23?/m1/s1. The smallest absolute Gasteiger partial charge is 0.223 e. The van der Waals surface area contributed by atoms with Gasteiger partial charge >= 0.3 is 0 Å². The first kappa shape index (κ1) is 24.9. The molecule has 10 heteroatoms. The molecule has 10 nitrogen and oxygen atoms in total. The Kier molecular flexibility index (Phi) is 7.47. The molecule has 2 aromatic heterocycles. The number of hydrogen-bond donors (Lipinski definition) is 3. The van der Waals surface area contributed by atoms with Crippen LogP contribution in [-0.2, 0) is 14.3 Å². The number of aromatic nitrogens is 3. The number of hydrogen-bond acceptors (Lipinski definition) is 8. The van der Waals surface area contributed by atoms with Crippen molar-refractivity contribution in [3.8, 4) is 11.1 Å². The van der Waals surface area contributed by atoms with Crippen molar-refractivity contribution < 1.29 is 14.3 Å². The average Bonchev–Trinajstić information content (AvgIpc) is 3.57. The van der Waals surface area contributed by atoms with Crippen LogP contribution in [0.2, 0.25) is 0 Å². The highest BCUT2D eigenvalue weighted by atomic mass is 16.5. The van der Waals surface area contributed by atoms with Crippen LogP contribution in [0.3, 0.4) is 0 Å². The molecule has 37 heavy (non-hydrogen) atoms. The second-order valence-electron chi connectivity index (χ2n) is 9.40. The Hall–Kier alpha value is -3.76. The van der Waals surface area contributed by atoms with E-state index < -0.39 is 0 Å². The third kappa shape index (κ3) is 5.21. The molecule has 2 aliphatic rings. The van der Waals surface area contributed by atoms with E-state index in [9.17, 15) is 4.79 Å². The summed E-state index contributed by atoms with van der Waals surface area (Å²) in [5, 5.41) is 18.5. The Morgan fingerprint density at radius 1 is 1.30 bits per heavy atom. The molecular weight excluding hydrogens is 470 g/mol. The third-order valence-corrected chi connectivity index (χ3v) is 7.08. The summed E-state index contributed by atoms with van der Waals surface area (Å²) in [6, 6.07) is 12.4. The summed E-state index contributed by atoms with van der Waals surface area (Å²) in [7, 11) is 1.65. The molecule has 0 radical (unpaired) electrons. The summed E-state index contributed by atoms with van der Waals surface area (Å²) < 4.78 is 10.9. The number of likely N-dealkylation sites (tertiary alicyclic amines) is 1. The number of nitrogens with one attached hydrogen (secondary N) is 3. The van der Waals surface area contributed by atoms with E-state index in [-0.39, 0.29) is 18.0 Å². The molecule has 2 saturated heterocycles.